The smallest absolute Gasteiger partial charge is 0.180 e. The van der Waals surface area contributed by atoms with Crippen LogP contribution in [0.3, 0.4) is 0 Å². The molecule has 0 amide bonds. The molecule has 0 unspecified atom stereocenters. The Labute approximate surface area is 259 Å². The van der Waals surface area contributed by atoms with Gasteiger partial charge in [0.1, 0.15) is 5.82 Å². The van der Waals surface area contributed by atoms with Gasteiger partial charge in [-0.25, -0.2) is 10.1 Å². The van der Waals surface area contributed by atoms with E-state index in [1.165, 1.54) is 35.5 Å². The van der Waals surface area contributed by atoms with Crippen molar-refractivity contribution in [2.24, 2.45) is 0 Å². The van der Waals surface area contributed by atoms with Crippen molar-refractivity contribution in [3.63, 3.8) is 0 Å². The van der Waals surface area contributed by atoms with Gasteiger partial charge in [0.25, 0.3) is 0 Å². The molecule has 1 aliphatic heterocycles. The minimum absolute atomic E-state index is 0.668. The van der Waals surface area contributed by atoms with Gasteiger partial charge in [-0.2, -0.15) is 0 Å². The zero-order valence-electron chi connectivity index (χ0n) is 25.8. The number of aromatic amines is 1. The number of unbranched alkanes of at least 4 members (excludes halogenated alkanes) is 2. The molecule has 0 saturated carbocycles. The number of rotatable bonds is 14. The van der Waals surface area contributed by atoms with Crippen molar-refractivity contribution in [1.29, 1.82) is 0 Å². The number of imidazole rings is 1. The van der Waals surface area contributed by atoms with Crippen molar-refractivity contribution in [2.75, 3.05) is 38.4 Å². The molecular weight excluding hydrogens is 548 g/mol. The molecule has 44 heavy (non-hydrogen) atoms. The van der Waals surface area contributed by atoms with E-state index in [2.05, 4.69) is 109 Å². The van der Waals surface area contributed by atoms with Gasteiger partial charge in [-0.15, -0.1) is 5.10 Å². The summed E-state index contributed by atoms with van der Waals surface area (Å²) >= 11 is 0. The van der Waals surface area contributed by atoms with Crippen LogP contribution in [0, 0.1) is 0 Å². The Morgan fingerprint density at radius 3 is 2.39 bits per heavy atom. The molecule has 0 fully saturated rings. The number of benzene rings is 3. The third-order valence-electron chi connectivity index (χ3n) is 8.44. The second kappa shape index (κ2) is 14.4. The second-order valence-corrected chi connectivity index (χ2v) is 11.5. The van der Waals surface area contributed by atoms with Crippen molar-refractivity contribution in [3.8, 4) is 22.5 Å². The molecular formula is C35H42N8O. The van der Waals surface area contributed by atoms with Crippen LogP contribution in [0.25, 0.3) is 22.5 Å². The fourth-order valence-electron chi connectivity index (χ4n) is 6.06. The lowest BCUT2D eigenvalue weighted by Crippen LogP contribution is -2.45. The van der Waals surface area contributed by atoms with Gasteiger partial charge < -0.3 is 14.2 Å². The molecule has 2 aromatic heterocycles. The molecule has 0 aliphatic carbocycles. The van der Waals surface area contributed by atoms with Gasteiger partial charge in [-0.3, -0.25) is 4.90 Å². The Balaban J connectivity index is 1.28. The molecule has 1 aliphatic rings. The number of tetrazole rings is 1. The summed E-state index contributed by atoms with van der Waals surface area (Å²) in [5.74, 6) is 2.97. The Morgan fingerprint density at radius 2 is 1.64 bits per heavy atom. The number of hydrogen-bond acceptors (Lipinski definition) is 7. The first-order chi connectivity index (χ1) is 21.7. The van der Waals surface area contributed by atoms with E-state index in [1.54, 1.807) is 7.11 Å². The Bertz CT molecular complexity index is 1600. The van der Waals surface area contributed by atoms with Crippen LogP contribution in [0.15, 0.2) is 78.9 Å². The fraction of sp³-hybridized carbons (Fsp3) is 0.371. The van der Waals surface area contributed by atoms with Crippen molar-refractivity contribution in [1.82, 2.24) is 35.1 Å². The van der Waals surface area contributed by atoms with Gasteiger partial charge in [0.05, 0.1) is 19.0 Å². The largest absolute Gasteiger partial charge is 0.383 e. The maximum absolute atomic E-state index is 5.51. The highest BCUT2D eigenvalue weighted by atomic mass is 16.5. The highest BCUT2D eigenvalue weighted by molar-refractivity contribution is 5.80. The van der Waals surface area contributed by atoms with E-state index in [-0.39, 0.29) is 0 Å². The SMILES string of the molecule is CCCCCc1nc2c(n1Cc1ccc(-c3ccccc3-c3nnn[nH]3)cc1)CN(CCc1ccccc1)CN2CCOC. The van der Waals surface area contributed by atoms with Crippen LogP contribution in [0.2, 0.25) is 0 Å². The number of nitrogens with zero attached hydrogens (tertiary/aromatic N) is 7. The zero-order valence-corrected chi connectivity index (χ0v) is 25.8. The van der Waals surface area contributed by atoms with E-state index < -0.39 is 0 Å². The molecule has 1 N–H and O–H groups in total. The molecule has 9 heteroatoms. The van der Waals surface area contributed by atoms with Gasteiger partial charge in [-0.1, -0.05) is 98.6 Å². The van der Waals surface area contributed by atoms with Crippen LogP contribution in [0.1, 0.15) is 48.8 Å². The monoisotopic (exact) mass is 590 g/mol. The summed E-state index contributed by atoms with van der Waals surface area (Å²) < 4.78 is 8.00. The van der Waals surface area contributed by atoms with Crippen molar-refractivity contribution < 1.29 is 4.74 Å². The molecule has 6 rings (SSSR count). The summed E-state index contributed by atoms with van der Waals surface area (Å²) in [6, 6.07) is 27.9. The van der Waals surface area contributed by atoms with E-state index in [0.717, 1.165) is 74.6 Å². The van der Waals surface area contributed by atoms with E-state index >= 15 is 0 Å². The van der Waals surface area contributed by atoms with Crippen LogP contribution in [-0.4, -0.2) is 68.6 Å². The standard InChI is InChI=1S/C35H42N8O/c1-3-4-6-15-33-36-35-32(25-41(26-42(35)22-23-44-2)21-20-27-11-7-5-8-12-27)43(33)24-28-16-18-29(19-17-28)30-13-9-10-14-31(30)34-37-39-40-38-34/h5,7-14,16-19H,3-4,6,15,20-26H2,1-2H3,(H,37,38,39,40). The average molecular weight is 591 g/mol. The van der Waals surface area contributed by atoms with Crippen LogP contribution in [-0.2, 0) is 30.7 Å². The molecule has 0 atom stereocenters. The Morgan fingerprint density at radius 1 is 0.841 bits per heavy atom. The van der Waals surface area contributed by atoms with Crippen LogP contribution in [0.4, 0.5) is 5.82 Å². The predicted molar refractivity (Wildman–Crippen MR) is 174 cm³/mol. The number of aryl methyl sites for hydroxylation is 1. The predicted octanol–water partition coefficient (Wildman–Crippen LogP) is 5.98. The first-order valence-electron chi connectivity index (χ1n) is 15.7. The van der Waals surface area contributed by atoms with Crippen molar-refractivity contribution in [2.45, 2.75) is 52.1 Å². The maximum atomic E-state index is 5.51. The third-order valence-corrected chi connectivity index (χ3v) is 8.44. The Hall–Kier alpha value is -4.34. The van der Waals surface area contributed by atoms with E-state index in [4.69, 9.17) is 9.72 Å². The van der Waals surface area contributed by atoms with E-state index in [1.807, 2.05) is 12.1 Å². The lowest BCUT2D eigenvalue weighted by molar-refractivity contribution is 0.191. The van der Waals surface area contributed by atoms with Gasteiger partial charge >= 0.3 is 0 Å². The minimum Gasteiger partial charge on any atom is -0.383 e. The summed E-state index contributed by atoms with van der Waals surface area (Å²) in [5, 5.41) is 14.6. The number of methoxy groups -OCH3 is 1. The van der Waals surface area contributed by atoms with Crippen LogP contribution in [0.5, 0.6) is 0 Å². The van der Waals surface area contributed by atoms with E-state index in [0.29, 0.717) is 12.4 Å². The molecule has 3 aromatic carbocycles. The van der Waals surface area contributed by atoms with Gasteiger partial charge in [0, 0.05) is 45.3 Å². The first kappa shape index (κ1) is 29.7. The van der Waals surface area contributed by atoms with E-state index in [9.17, 15) is 0 Å². The lowest BCUT2D eigenvalue weighted by Gasteiger charge is -2.36. The van der Waals surface area contributed by atoms with Crippen LogP contribution < -0.4 is 4.90 Å². The topological polar surface area (TPSA) is 88.0 Å². The summed E-state index contributed by atoms with van der Waals surface area (Å²) in [6.07, 6.45) is 5.57. The molecule has 5 aromatic rings. The maximum Gasteiger partial charge on any atom is 0.180 e. The Kier molecular flexibility index (Phi) is 9.74. The van der Waals surface area contributed by atoms with Crippen molar-refractivity contribution in [3.05, 3.63) is 102 Å². The van der Waals surface area contributed by atoms with Gasteiger partial charge in [-0.05, 0) is 45.5 Å². The molecule has 9 nitrogen and oxygen atoms in total. The number of hydrogen-bond donors (Lipinski definition) is 1. The highest BCUT2D eigenvalue weighted by Gasteiger charge is 2.29. The average Bonchev–Trinajstić information content (AvgIpc) is 3.73. The number of H-pyrrole nitrogens is 1. The number of nitrogens with one attached hydrogen (secondary N) is 1. The quantitative estimate of drug-likeness (QED) is 0.159. The molecule has 0 radical (unpaired) electrons. The molecule has 0 bridgehead atoms. The normalized spacial score (nSPS) is 13.4. The third kappa shape index (κ3) is 6.90. The summed E-state index contributed by atoms with van der Waals surface area (Å²) in [4.78, 5) is 10.3. The van der Waals surface area contributed by atoms with Crippen LogP contribution >= 0.6 is 0 Å². The summed E-state index contributed by atoms with van der Waals surface area (Å²) in [5.41, 5.74) is 7.15. The minimum atomic E-state index is 0.668. The molecule has 228 valence electrons. The number of ether oxygens (including phenoxy) is 1. The number of aromatic nitrogens is 6. The summed E-state index contributed by atoms with van der Waals surface area (Å²) in [6.45, 7) is 7.31. The molecule has 3 heterocycles. The lowest BCUT2D eigenvalue weighted by atomic mass is 9.98. The second-order valence-electron chi connectivity index (χ2n) is 11.5. The summed E-state index contributed by atoms with van der Waals surface area (Å²) in [7, 11) is 1.78. The zero-order chi connectivity index (χ0) is 30.1. The first-order valence-corrected chi connectivity index (χ1v) is 15.7. The van der Waals surface area contributed by atoms with Crippen molar-refractivity contribution >= 4 is 5.82 Å². The highest BCUT2D eigenvalue weighted by Crippen LogP contribution is 2.32. The van der Waals surface area contributed by atoms with Gasteiger partial charge in [0.2, 0.25) is 0 Å². The number of anilines is 1. The molecule has 0 spiro atoms. The fourth-order valence-corrected chi connectivity index (χ4v) is 6.06. The van der Waals surface area contributed by atoms with Gasteiger partial charge in [0.15, 0.2) is 11.6 Å². The number of fused-ring (bicyclic) bond motifs is 1. The molecule has 0 saturated heterocycles.